The van der Waals surface area contributed by atoms with Crippen LogP contribution >= 0.6 is 0 Å². The van der Waals surface area contributed by atoms with E-state index in [1.54, 1.807) is 6.20 Å². The summed E-state index contributed by atoms with van der Waals surface area (Å²) in [6.45, 7) is 2.29. The Hall–Kier alpha value is -1.71. The van der Waals surface area contributed by atoms with Crippen LogP contribution in [-0.4, -0.2) is 17.9 Å². The third-order valence-electron chi connectivity index (χ3n) is 1.79. The quantitative estimate of drug-likeness (QED) is 0.731. The summed E-state index contributed by atoms with van der Waals surface area (Å²) in [7, 11) is 0. The summed E-state index contributed by atoms with van der Waals surface area (Å²) in [5.41, 5.74) is 0.965. The van der Waals surface area contributed by atoms with Gasteiger partial charge in [-0.1, -0.05) is 0 Å². The fourth-order valence-corrected chi connectivity index (χ4v) is 1.05. The molecule has 1 aromatic heterocycles. The standard InChI is InChI=1S/C10H11NO3/c1-8-2-3-9(6-11-8)14-7-10-12-4-5-13-10/h2-6,10H,7H2,1H3. The molecule has 1 aliphatic rings. The number of pyridine rings is 1. The van der Waals surface area contributed by atoms with Gasteiger partial charge in [0.15, 0.2) is 6.61 Å². The van der Waals surface area contributed by atoms with E-state index in [9.17, 15) is 0 Å². The second-order valence-corrected chi connectivity index (χ2v) is 2.92. The van der Waals surface area contributed by atoms with Gasteiger partial charge in [0.05, 0.1) is 6.20 Å². The first-order chi connectivity index (χ1) is 6.84. The molecule has 0 fully saturated rings. The van der Waals surface area contributed by atoms with E-state index in [0.717, 1.165) is 11.4 Å². The minimum absolute atomic E-state index is 0.337. The van der Waals surface area contributed by atoms with Crippen molar-refractivity contribution in [1.29, 1.82) is 0 Å². The van der Waals surface area contributed by atoms with Gasteiger partial charge < -0.3 is 14.2 Å². The zero-order chi connectivity index (χ0) is 9.80. The van der Waals surface area contributed by atoms with Crippen LogP contribution in [-0.2, 0) is 9.47 Å². The Labute approximate surface area is 82.1 Å². The predicted molar refractivity (Wildman–Crippen MR) is 49.6 cm³/mol. The van der Waals surface area contributed by atoms with Crippen molar-refractivity contribution in [3.63, 3.8) is 0 Å². The van der Waals surface area contributed by atoms with Crippen molar-refractivity contribution in [2.75, 3.05) is 6.61 Å². The Bertz CT molecular complexity index is 313. The van der Waals surface area contributed by atoms with Gasteiger partial charge >= 0.3 is 0 Å². The van der Waals surface area contributed by atoms with Crippen molar-refractivity contribution < 1.29 is 14.2 Å². The molecule has 4 heteroatoms. The minimum Gasteiger partial charge on any atom is -0.484 e. The molecule has 1 aromatic rings. The average molecular weight is 193 g/mol. The lowest BCUT2D eigenvalue weighted by Gasteiger charge is -2.11. The van der Waals surface area contributed by atoms with E-state index < -0.39 is 0 Å². The van der Waals surface area contributed by atoms with Crippen LogP contribution in [0.1, 0.15) is 5.69 Å². The molecule has 0 saturated heterocycles. The summed E-state index contributed by atoms with van der Waals surface area (Å²) in [4.78, 5) is 4.10. The summed E-state index contributed by atoms with van der Waals surface area (Å²) >= 11 is 0. The molecule has 0 unspecified atom stereocenters. The largest absolute Gasteiger partial charge is 0.484 e. The highest BCUT2D eigenvalue weighted by Crippen LogP contribution is 2.11. The van der Waals surface area contributed by atoms with Crippen LogP contribution in [0.15, 0.2) is 30.9 Å². The van der Waals surface area contributed by atoms with Crippen LogP contribution in [0, 0.1) is 6.92 Å². The molecule has 2 heterocycles. The normalized spacial score (nSPS) is 14.9. The van der Waals surface area contributed by atoms with Crippen LogP contribution in [0.5, 0.6) is 5.75 Å². The molecule has 2 rings (SSSR count). The second kappa shape index (κ2) is 4.00. The van der Waals surface area contributed by atoms with Crippen LogP contribution in [0.4, 0.5) is 0 Å². The Kier molecular flexibility index (Phi) is 2.53. The van der Waals surface area contributed by atoms with Gasteiger partial charge in [-0.2, -0.15) is 0 Å². The number of ether oxygens (including phenoxy) is 3. The molecule has 0 amide bonds. The molecular formula is C10H11NO3. The first-order valence-corrected chi connectivity index (χ1v) is 4.36. The Morgan fingerprint density at radius 1 is 1.36 bits per heavy atom. The van der Waals surface area contributed by atoms with Gasteiger partial charge in [-0.3, -0.25) is 4.98 Å². The number of rotatable bonds is 3. The van der Waals surface area contributed by atoms with E-state index >= 15 is 0 Å². The summed E-state index contributed by atoms with van der Waals surface area (Å²) in [5, 5.41) is 0. The molecule has 0 N–H and O–H groups in total. The van der Waals surface area contributed by atoms with Crippen molar-refractivity contribution >= 4 is 0 Å². The molecule has 0 bridgehead atoms. The van der Waals surface area contributed by atoms with Crippen molar-refractivity contribution in [2.24, 2.45) is 0 Å². The number of aromatic nitrogens is 1. The van der Waals surface area contributed by atoms with E-state index in [4.69, 9.17) is 14.2 Å². The maximum absolute atomic E-state index is 5.39. The number of hydrogen-bond donors (Lipinski definition) is 0. The van der Waals surface area contributed by atoms with Crippen molar-refractivity contribution in [1.82, 2.24) is 4.98 Å². The van der Waals surface area contributed by atoms with Gasteiger partial charge in [0.2, 0.25) is 0 Å². The molecule has 74 valence electrons. The van der Waals surface area contributed by atoms with E-state index in [-0.39, 0.29) is 6.29 Å². The Balaban J connectivity index is 1.82. The highest BCUT2D eigenvalue weighted by Gasteiger charge is 2.12. The summed E-state index contributed by atoms with van der Waals surface area (Å²) in [6.07, 6.45) is 4.34. The fourth-order valence-electron chi connectivity index (χ4n) is 1.05. The number of aryl methyl sites for hydroxylation is 1. The van der Waals surface area contributed by atoms with Crippen LogP contribution in [0.2, 0.25) is 0 Å². The van der Waals surface area contributed by atoms with Crippen LogP contribution in [0.25, 0.3) is 0 Å². The second-order valence-electron chi connectivity index (χ2n) is 2.92. The molecule has 0 saturated carbocycles. The third-order valence-corrected chi connectivity index (χ3v) is 1.79. The molecule has 0 aliphatic carbocycles. The number of nitrogens with zero attached hydrogens (tertiary/aromatic N) is 1. The van der Waals surface area contributed by atoms with Crippen molar-refractivity contribution in [2.45, 2.75) is 13.2 Å². The third kappa shape index (κ3) is 2.16. The Morgan fingerprint density at radius 2 is 2.14 bits per heavy atom. The maximum Gasteiger partial charge on any atom is 0.273 e. The molecule has 0 aromatic carbocycles. The summed E-state index contributed by atoms with van der Waals surface area (Å²) < 4.78 is 15.5. The predicted octanol–water partition coefficient (Wildman–Crippen LogP) is 1.61. The monoisotopic (exact) mass is 193 g/mol. The summed E-state index contributed by atoms with van der Waals surface area (Å²) in [5.74, 6) is 0.717. The van der Waals surface area contributed by atoms with Crippen molar-refractivity contribution in [3.05, 3.63) is 36.5 Å². The van der Waals surface area contributed by atoms with Gasteiger partial charge in [-0.25, -0.2) is 0 Å². The lowest BCUT2D eigenvalue weighted by atomic mass is 10.4. The summed E-state index contributed by atoms with van der Waals surface area (Å²) in [6, 6.07) is 3.76. The van der Waals surface area contributed by atoms with Gasteiger partial charge in [-0.15, -0.1) is 0 Å². The van der Waals surface area contributed by atoms with E-state index in [1.807, 2.05) is 19.1 Å². The van der Waals surface area contributed by atoms with E-state index in [2.05, 4.69) is 4.98 Å². The maximum atomic E-state index is 5.39. The first kappa shape index (κ1) is 8.87. The Morgan fingerprint density at radius 3 is 2.79 bits per heavy atom. The molecule has 0 atom stereocenters. The van der Waals surface area contributed by atoms with Gasteiger partial charge in [0.1, 0.15) is 18.3 Å². The van der Waals surface area contributed by atoms with Crippen LogP contribution in [0.3, 0.4) is 0 Å². The van der Waals surface area contributed by atoms with E-state index in [0.29, 0.717) is 6.61 Å². The molecule has 0 radical (unpaired) electrons. The van der Waals surface area contributed by atoms with Crippen molar-refractivity contribution in [3.8, 4) is 5.75 Å². The minimum atomic E-state index is -0.337. The lowest BCUT2D eigenvalue weighted by Crippen LogP contribution is -2.18. The molecule has 4 nitrogen and oxygen atoms in total. The highest BCUT2D eigenvalue weighted by atomic mass is 16.7. The molecular weight excluding hydrogens is 182 g/mol. The SMILES string of the molecule is Cc1ccc(OCC2OC=CO2)cn1. The lowest BCUT2D eigenvalue weighted by molar-refractivity contribution is -0.0520. The first-order valence-electron chi connectivity index (χ1n) is 4.36. The smallest absolute Gasteiger partial charge is 0.273 e. The van der Waals surface area contributed by atoms with Crippen LogP contribution < -0.4 is 4.74 Å². The average Bonchev–Trinajstić information content (AvgIpc) is 2.70. The van der Waals surface area contributed by atoms with Gasteiger partial charge in [0, 0.05) is 5.69 Å². The zero-order valence-electron chi connectivity index (χ0n) is 7.84. The number of hydrogen-bond acceptors (Lipinski definition) is 4. The molecule has 1 aliphatic heterocycles. The van der Waals surface area contributed by atoms with Gasteiger partial charge in [-0.05, 0) is 19.1 Å². The zero-order valence-corrected chi connectivity index (χ0v) is 7.84. The molecule has 14 heavy (non-hydrogen) atoms. The highest BCUT2D eigenvalue weighted by molar-refractivity contribution is 5.18. The topological polar surface area (TPSA) is 40.6 Å². The van der Waals surface area contributed by atoms with E-state index in [1.165, 1.54) is 12.5 Å². The molecule has 0 spiro atoms. The fraction of sp³-hybridized carbons (Fsp3) is 0.300. The van der Waals surface area contributed by atoms with Gasteiger partial charge in [0.25, 0.3) is 6.29 Å².